The van der Waals surface area contributed by atoms with Gasteiger partial charge in [-0.2, -0.15) is 0 Å². The van der Waals surface area contributed by atoms with Crippen molar-refractivity contribution in [1.29, 1.82) is 0 Å². The summed E-state index contributed by atoms with van der Waals surface area (Å²) in [5.74, 6) is -0.157. The molecule has 7 heteroatoms. The lowest BCUT2D eigenvalue weighted by molar-refractivity contribution is 0.0908. The number of hydrogen-bond acceptors (Lipinski definition) is 4. The topological polar surface area (TPSA) is 115 Å². The summed E-state index contributed by atoms with van der Waals surface area (Å²) in [7, 11) is -3.61. The van der Waals surface area contributed by atoms with Crippen LogP contribution in [0.15, 0.2) is 24.3 Å². The van der Waals surface area contributed by atoms with Gasteiger partial charge < -0.3 is 11.1 Å². The fourth-order valence-corrected chi connectivity index (χ4v) is 3.61. The third-order valence-electron chi connectivity index (χ3n) is 4.09. The van der Waals surface area contributed by atoms with E-state index in [9.17, 15) is 13.2 Å². The molecule has 22 heavy (non-hydrogen) atoms. The molecule has 0 radical (unpaired) electrons. The number of nitrogens with one attached hydrogen (secondary N) is 1. The molecule has 0 bridgehead atoms. The van der Waals surface area contributed by atoms with Gasteiger partial charge in [-0.3, -0.25) is 4.79 Å². The third-order valence-corrected chi connectivity index (χ3v) is 4.82. The molecule has 122 valence electrons. The second-order valence-electron chi connectivity index (χ2n) is 5.87. The molecule has 0 aliphatic heterocycles. The summed E-state index contributed by atoms with van der Waals surface area (Å²) in [6, 6.07) is 6.64. The molecule has 0 spiro atoms. The van der Waals surface area contributed by atoms with Crippen molar-refractivity contribution in [2.24, 2.45) is 16.8 Å². The van der Waals surface area contributed by atoms with Crippen LogP contribution >= 0.6 is 0 Å². The van der Waals surface area contributed by atoms with E-state index in [2.05, 4.69) is 5.32 Å². The van der Waals surface area contributed by atoms with E-state index in [1.807, 2.05) is 0 Å². The van der Waals surface area contributed by atoms with Gasteiger partial charge in [0, 0.05) is 11.6 Å². The maximum Gasteiger partial charge on any atom is 0.251 e. The van der Waals surface area contributed by atoms with Gasteiger partial charge in [0.05, 0.1) is 5.75 Å². The van der Waals surface area contributed by atoms with Gasteiger partial charge in [0.1, 0.15) is 0 Å². The van der Waals surface area contributed by atoms with Crippen LogP contribution in [0.1, 0.15) is 41.6 Å². The highest BCUT2D eigenvalue weighted by Crippen LogP contribution is 2.23. The molecule has 2 atom stereocenters. The van der Waals surface area contributed by atoms with Gasteiger partial charge in [0.25, 0.3) is 5.91 Å². The average molecular weight is 325 g/mol. The maximum atomic E-state index is 12.4. The first kappa shape index (κ1) is 16.9. The maximum absolute atomic E-state index is 12.4. The molecule has 1 aromatic rings. The third kappa shape index (κ3) is 4.79. The average Bonchev–Trinajstić information content (AvgIpc) is 2.46. The summed E-state index contributed by atoms with van der Waals surface area (Å²) >= 11 is 0. The number of nitrogens with two attached hydrogens (primary N) is 2. The van der Waals surface area contributed by atoms with Crippen molar-refractivity contribution in [1.82, 2.24) is 5.32 Å². The zero-order chi connectivity index (χ0) is 16.2. The molecule has 2 unspecified atom stereocenters. The minimum atomic E-state index is -3.61. The van der Waals surface area contributed by atoms with Crippen molar-refractivity contribution in [3.63, 3.8) is 0 Å². The van der Waals surface area contributed by atoms with Crippen LogP contribution in [0.5, 0.6) is 0 Å². The number of primary sulfonamides is 1. The highest BCUT2D eigenvalue weighted by molar-refractivity contribution is 7.88. The van der Waals surface area contributed by atoms with Crippen LogP contribution in [0.3, 0.4) is 0 Å². The van der Waals surface area contributed by atoms with Crippen molar-refractivity contribution in [3.05, 3.63) is 35.4 Å². The van der Waals surface area contributed by atoms with Gasteiger partial charge in [0.2, 0.25) is 10.0 Å². The minimum Gasteiger partial charge on any atom is -0.349 e. The van der Waals surface area contributed by atoms with Crippen molar-refractivity contribution < 1.29 is 13.2 Å². The Morgan fingerprint density at radius 1 is 1.27 bits per heavy atom. The number of rotatable bonds is 5. The van der Waals surface area contributed by atoms with Crippen molar-refractivity contribution >= 4 is 15.9 Å². The van der Waals surface area contributed by atoms with Crippen molar-refractivity contribution in [3.8, 4) is 0 Å². The Bertz CT molecular complexity index is 631. The molecular formula is C15H23N3O3S. The molecule has 1 saturated carbocycles. The molecule has 6 nitrogen and oxygen atoms in total. The lowest BCUT2D eigenvalue weighted by atomic mass is 9.84. The zero-order valence-electron chi connectivity index (χ0n) is 12.5. The fourth-order valence-electron chi connectivity index (χ4n) is 2.97. The lowest BCUT2D eigenvalue weighted by Gasteiger charge is -2.31. The van der Waals surface area contributed by atoms with Crippen LogP contribution in [0.4, 0.5) is 0 Å². The van der Waals surface area contributed by atoms with Gasteiger partial charge in [-0.15, -0.1) is 0 Å². The lowest BCUT2D eigenvalue weighted by Crippen LogP contribution is -2.44. The first-order chi connectivity index (χ1) is 10.4. The Balaban J connectivity index is 2.07. The molecular weight excluding hydrogens is 302 g/mol. The van der Waals surface area contributed by atoms with E-state index in [4.69, 9.17) is 10.9 Å². The Morgan fingerprint density at radius 3 is 2.68 bits per heavy atom. The molecule has 1 aromatic carbocycles. The Morgan fingerprint density at radius 2 is 2.00 bits per heavy atom. The SMILES string of the molecule is NCC1CCCCC1NC(=O)c1cccc(CS(N)(=O)=O)c1. The summed E-state index contributed by atoms with van der Waals surface area (Å²) < 4.78 is 22.3. The van der Waals surface area contributed by atoms with Gasteiger partial charge in [-0.1, -0.05) is 25.0 Å². The predicted molar refractivity (Wildman–Crippen MR) is 85.5 cm³/mol. The van der Waals surface area contributed by atoms with Crippen LogP contribution < -0.4 is 16.2 Å². The summed E-state index contributed by atoms with van der Waals surface area (Å²) in [6.45, 7) is 0.566. The fraction of sp³-hybridized carbons (Fsp3) is 0.533. The second-order valence-corrected chi connectivity index (χ2v) is 7.48. The van der Waals surface area contributed by atoms with Gasteiger partial charge in [-0.05, 0) is 43.0 Å². The van der Waals surface area contributed by atoms with E-state index >= 15 is 0 Å². The summed E-state index contributed by atoms with van der Waals surface area (Å²) in [4.78, 5) is 12.4. The Kier molecular flexibility index (Phi) is 5.55. The number of benzene rings is 1. The normalized spacial score (nSPS) is 22.3. The van der Waals surface area contributed by atoms with Crippen molar-refractivity contribution in [2.45, 2.75) is 37.5 Å². The monoisotopic (exact) mass is 325 g/mol. The van der Waals surface area contributed by atoms with E-state index in [1.54, 1.807) is 24.3 Å². The zero-order valence-corrected chi connectivity index (χ0v) is 13.3. The number of hydrogen-bond donors (Lipinski definition) is 3. The number of amides is 1. The highest BCUT2D eigenvalue weighted by atomic mass is 32.2. The molecule has 1 fully saturated rings. The second kappa shape index (κ2) is 7.21. The van der Waals surface area contributed by atoms with Crippen LogP contribution in [-0.4, -0.2) is 26.9 Å². The van der Waals surface area contributed by atoms with Crippen molar-refractivity contribution in [2.75, 3.05) is 6.54 Å². The van der Waals surface area contributed by atoms with Gasteiger partial charge in [-0.25, -0.2) is 13.6 Å². The van der Waals surface area contributed by atoms with E-state index in [0.29, 0.717) is 23.6 Å². The first-order valence-electron chi connectivity index (χ1n) is 7.49. The Labute approximate surface area is 131 Å². The predicted octanol–water partition coefficient (Wildman–Crippen LogP) is 0.722. The van der Waals surface area contributed by atoms with E-state index in [1.165, 1.54) is 0 Å². The van der Waals surface area contributed by atoms with Crippen LogP contribution in [0, 0.1) is 5.92 Å². The minimum absolute atomic E-state index is 0.0909. The molecule has 1 aliphatic carbocycles. The quantitative estimate of drug-likeness (QED) is 0.740. The summed E-state index contributed by atoms with van der Waals surface area (Å²) in [6.07, 6.45) is 4.21. The van der Waals surface area contributed by atoms with Gasteiger partial charge in [0.15, 0.2) is 0 Å². The highest BCUT2D eigenvalue weighted by Gasteiger charge is 2.25. The van der Waals surface area contributed by atoms with Gasteiger partial charge >= 0.3 is 0 Å². The standard InChI is InChI=1S/C15H23N3O3S/c16-9-13-5-1-2-7-14(13)18-15(19)12-6-3-4-11(8-12)10-22(17,20)21/h3-4,6,8,13-14H,1-2,5,7,9-10,16H2,(H,18,19)(H2,17,20,21). The molecule has 2 rings (SSSR count). The Hall–Kier alpha value is -1.44. The van der Waals surface area contributed by atoms with Crippen LogP contribution in [0.25, 0.3) is 0 Å². The number of sulfonamides is 1. The van der Waals surface area contributed by atoms with Crippen LogP contribution in [-0.2, 0) is 15.8 Å². The smallest absolute Gasteiger partial charge is 0.251 e. The molecule has 5 N–H and O–H groups in total. The first-order valence-corrected chi connectivity index (χ1v) is 9.21. The molecule has 1 aliphatic rings. The van der Waals surface area contributed by atoms with E-state index in [-0.39, 0.29) is 17.7 Å². The summed E-state index contributed by atoms with van der Waals surface area (Å²) in [5.41, 5.74) is 6.72. The molecule has 0 heterocycles. The largest absolute Gasteiger partial charge is 0.349 e. The molecule has 0 saturated heterocycles. The van der Waals surface area contributed by atoms with Crippen LogP contribution in [0.2, 0.25) is 0 Å². The van der Waals surface area contributed by atoms with E-state index in [0.717, 1.165) is 25.7 Å². The van der Waals surface area contributed by atoms with E-state index < -0.39 is 10.0 Å². The number of carbonyl (C=O) groups excluding carboxylic acids is 1. The number of carbonyl (C=O) groups is 1. The molecule has 1 amide bonds. The summed E-state index contributed by atoms with van der Waals surface area (Å²) in [5, 5.41) is 8.06. The molecule has 0 aromatic heterocycles.